The van der Waals surface area contributed by atoms with Crippen LogP contribution >= 0.6 is 0 Å². The van der Waals surface area contributed by atoms with Crippen LogP contribution in [0.2, 0.25) is 0 Å². The van der Waals surface area contributed by atoms with Crippen LogP contribution in [0.25, 0.3) is 0 Å². The molecule has 1 rings (SSSR count). The molecule has 1 fully saturated rings. The summed E-state index contributed by atoms with van der Waals surface area (Å²) < 4.78 is 0. The van der Waals surface area contributed by atoms with Crippen LogP contribution < -0.4 is 0 Å². The number of nitrogens with zero attached hydrogens (tertiary/aromatic N) is 2. The quantitative estimate of drug-likeness (QED) is 0.752. The van der Waals surface area contributed by atoms with Gasteiger partial charge in [-0.2, -0.15) is 0 Å². The lowest BCUT2D eigenvalue weighted by atomic mass is 10.2. The highest BCUT2D eigenvalue weighted by Gasteiger charge is 2.15. The van der Waals surface area contributed by atoms with E-state index in [9.17, 15) is 9.59 Å². The largest absolute Gasteiger partial charge is 0.478 e. The highest BCUT2D eigenvalue weighted by atomic mass is 16.4. The van der Waals surface area contributed by atoms with Crippen molar-refractivity contribution in [3.05, 3.63) is 24.9 Å². The van der Waals surface area contributed by atoms with Gasteiger partial charge in [0.15, 0.2) is 0 Å². The molecule has 0 spiro atoms. The van der Waals surface area contributed by atoms with Gasteiger partial charge < -0.3 is 14.9 Å². The van der Waals surface area contributed by atoms with Gasteiger partial charge in [0.25, 0.3) is 0 Å². The number of carboxylic acids is 1. The normalized spacial score (nSPS) is 14.2. The average Bonchev–Trinajstić information content (AvgIpc) is 2.72. The van der Waals surface area contributed by atoms with Gasteiger partial charge >= 0.3 is 5.97 Å². The zero-order valence-corrected chi connectivity index (χ0v) is 11.2. The molecule has 0 aliphatic carbocycles. The van der Waals surface area contributed by atoms with E-state index < -0.39 is 5.97 Å². The van der Waals surface area contributed by atoms with Crippen LogP contribution in [-0.4, -0.2) is 54.0 Å². The minimum Gasteiger partial charge on any atom is -0.478 e. The van der Waals surface area contributed by atoms with Crippen molar-refractivity contribution in [3.63, 3.8) is 0 Å². The number of hydrogen-bond acceptors (Lipinski definition) is 3. The molecule has 0 bridgehead atoms. The van der Waals surface area contributed by atoms with Crippen LogP contribution in [-0.2, 0) is 9.59 Å². The molecule has 1 N–H and O–H groups in total. The van der Waals surface area contributed by atoms with Crippen LogP contribution in [0.4, 0.5) is 0 Å². The van der Waals surface area contributed by atoms with Crippen molar-refractivity contribution in [2.45, 2.75) is 19.3 Å². The van der Waals surface area contributed by atoms with Crippen LogP contribution in [0.15, 0.2) is 24.9 Å². The molecular weight excluding hydrogens is 232 g/mol. The zero-order valence-electron chi connectivity index (χ0n) is 11.2. The molecule has 0 aromatic rings. The maximum absolute atomic E-state index is 10.7. The molecule has 1 heterocycles. The van der Waals surface area contributed by atoms with Crippen LogP contribution in [0, 0.1) is 0 Å². The van der Waals surface area contributed by atoms with E-state index >= 15 is 0 Å². The van der Waals surface area contributed by atoms with E-state index in [2.05, 4.69) is 13.2 Å². The number of rotatable bonds is 5. The van der Waals surface area contributed by atoms with Gasteiger partial charge in [0.1, 0.15) is 0 Å². The first-order valence-corrected chi connectivity index (χ1v) is 5.86. The van der Waals surface area contributed by atoms with Crippen LogP contribution in [0.3, 0.4) is 0 Å². The number of aliphatic carboxylic acids is 1. The summed E-state index contributed by atoms with van der Waals surface area (Å²) in [5.41, 5.74) is 0.272. The number of carboxylic acid groups (broad SMARTS) is 1. The molecular formula is C13H22N2O3. The van der Waals surface area contributed by atoms with Gasteiger partial charge in [0.2, 0.25) is 5.91 Å². The summed E-state index contributed by atoms with van der Waals surface area (Å²) in [7, 11) is 3.80. The number of carbonyl (C=O) groups is 2. The van der Waals surface area contributed by atoms with Crippen LogP contribution in [0.5, 0.6) is 0 Å². The van der Waals surface area contributed by atoms with Crippen molar-refractivity contribution in [1.29, 1.82) is 0 Å². The molecule has 0 radical (unpaired) electrons. The molecule has 18 heavy (non-hydrogen) atoms. The number of likely N-dealkylation sites (tertiary alicyclic amines) is 1. The van der Waals surface area contributed by atoms with Gasteiger partial charge in [-0.1, -0.05) is 13.2 Å². The third kappa shape index (κ3) is 6.85. The molecule has 102 valence electrons. The molecule has 1 amide bonds. The Kier molecular flexibility index (Phi) is 7.71. The monoisotopic (exact) mass is 254 g/mol. The minimum atomic E-state index is -0.901. The Morgan fingerprint density at radius 3 is 2.44 bits per heavy atom. The van der Waals surface area contributed by atoms with Gasteiger partial charge in [-0.05, 0) is 33.1 Å². The highest BCUT2D eigenvalue weighted by molar-refractivity contribution is 5.85. The van der Waals surface area contributed by atoms with Gasteiger partial charge in [0, 0.05) is 25.1 Å². The fourth-order valence-corrected chi connectivity index (χ4v) is 1.33. The second kappa shape index (κ2) is 8.47. The van der Waals surface area contributed by atoms with Gasteiger partial charge in [-0.25, -0.2) is 4.79 Å². The lowest BCUT2D eigenvalue weighted by Crippen LogP contribution is -2.16. The Labute approximate surface area is 108 Å². The SMILES string of the molecule is C=C(CCN(C)C)C(=O)O.C=CN1CCCC1=O. The third-order valence-corrected chi connectivity index (χ3v) is 2.49. The third-order valence-electron chi connectivity index (χ3n) is 2.49. The number of carbonyl (C=O) groups excluding carboxylic acids is 1. The van der Waals surface area contributed by atoms with Gasteiger partial charge in [-0.15, -0.1) is 0 Å². The standard InChI is InChI=1S/C7H13NO2.C6H9NO/c1-6(7(9)10)4-5-8(2)3;1-2-7-5-3-4-6(7)8/h1,4-5H2,2-3H3,(H,9,10);2H,1,3-5H2. The summed E-state index contributed by atoms with van der Waals surface area (Å²) in [6, 6.07) is 0. The van der Waals surface area contributed by atoms with Crippen molar-refractivity contribution in [2.24, 2.45) is 0 Å². The first-order chi connectivity index (χ1) is 8.38. The molecule has 5 heteroatoms. The predicted octanol–water partition coefficient (Wildman–Crippen LogP) is 1.33. The maximum atomic E-state index is 10.7. The van der Waals surface area contributed by atoms with Crippen molar-refractivity contribution < 1.29 is 14.7 Å². The van der Waals surface area contributed by atoms with E-state index in [1.165, 1.54) is 0 Å². The number of hydrogen-bond donors (Lipinski definition) is 1. The summed E-state index contributed by atoms with van der Waals surface area (Å²) in [5.74, 6) is -0.693. The molecule has 0 atom stereocenters. The second-order valence-corrected chi connectivity index (χ2v) is 4.34. The van der Waals surface area contributed by atoms with E-state index in [4.69, 9.17) is 5.11 Å². The molecule has 1 saturated heterocycles. The first kappa shape index (κ1) is 16.4. The predicted molar refractivity (Wildman–Crippen MR) is 71.1 cm³/mol. The van der Waals surface area contributed by atoms with E-state index in [0.29, 0.717) is 12.8 Å². The summed E-state index contributed by atoms with van der Waals surface area (Å²) in [5, 5.41) is 8.38. The molecule has 0 aromatic heterocycles. The Hall–Kier alpha value is -1.62. The van der Waals surface area contributed by atoms with Gasteiger partial charge in [-0.3, -0.25) is 4.79 Å². The van der Waals surface area contributed by atoms with Crippen molar-refractivity contribution >= 4 is 11.9 Å². The van der Waals surface area contributed by atoms with Crippen molar-refractivity contribution in [2.75, 3.05) is 27.2 Å². The molecule has 1 aliphatic heterocycles. The summed E-state index contributed by atoms with van der Waals surface area (Å²) >= 11 is 0. The summed E-state index contributed by atoms with van der Waals surface area (Å²) in [6.07, 6.45) is 3.81. The van der Waals surface area contributed by atoms with Crippen molar-refractivity contribution in [1.82, 2.24) is 9.80 Å². The van der Waals surface area contributed by atoms with E-state index in [0.717, 1.165) is 19.5 Å². The second-order valence-electron chi connectivity index (χ2n) is 4.34. The fourth-order valence-electron chi connectivity index (χ4n) is 1.33. The molecule has 1 aliphatic rings. The fraction of sp³-hybridized carbons (Fsp3) is 0.538. The van der Waals surface area contributed by atoms with Gasteiger partial charge in [0.05, 0.1) is 0 Å². The average molecular weight is 254 g/mol. The Bertz CT molecular complexity index is 324. The van der Waals surface area contributed by atoms with E-state index in [1.807, 2.05) is 19.0 Å². The Balaban J connectivity index is 0.000000327. The van der Waals surface area contributed by atoms with Crippen molar-refractivity contribution in [3.8, 4) is 0 Å². The highest BCUT2D eigenvalue weighted by Crippen LogP contribution is 2.08. The molecule has 0 saturated carbocycles. The first-order valence-electron chi connectivity index (χ1n) is 5.86. The Morgan fingerprint density at radius 2 is 2.17 bits per heavy atom. The maximum Gasteiger partial charge on any atom is 0.331 e. The van der Waals surface area contributed by atoms with E-state index in [-0.39, 0.29) is 11.5 Å². The number of amides is 1. The molecule has 0 aromatic carbocycles. The van der Waals surface area contributed by atoms with E-state index in [1.54, 1.807) is 11.1 Å². The topological polar surface area (TPSA) is 60.9 Å². The summed E-state index contributed by atoms with van der Waals surface area (Å²) in [6.45, 7) is 8.50. The molecule has 0 unspecified atom stereocenters. The smallest absolute Gasteiger partial charge is 0.331 e. The molecule has 5 nitrogen and oxygen atoms in total. The lowest BCUT2D eigenvalue weighted by molar-refractivity contribution is -0.132. The minimum absolute atomic E-state index is 0.208. The summed E-state index contributed by atoms with van der Waals surface area (Å²) in [4.78, 5) is 24.4. The Morgan fingerprint density at radius 1 is 1.56 bits per heavy atom. The lowest BCUT2D eigenvalue weighted by Gasteiger charge is -2.07. The zero-order chi connectivity index (χ0) is 14.1. The van der Waals surface area contributed by atoms with Crippen LogP contribution in [0.1, 0.15) is 19.3 Å².